The third-order valence-electron chi connectivity index (χ3n) is 7.27. The fraction of sp³-hybridized carbons (Fsp3) is 0.560. The molecule has 2 aliphatic heterocycles. The average Bonchev–Trinajstić information content (AvgIpc) is 3.09. The SMILES string of the molecule is COCCN1C(=O)N[C@](Cc2ccccc2Cl)(C2CCN(C(=O)[C@H]3CC=CCC3)CC2)C1=O. The highest BCUT2D eigenvalue weighted by atomic mass is 35.5. The maximum atomic E-state index is 13.7. The summed E-state index contributed by atoms with van der Waals surface area (Å²) in [7, 11) is 1.55. The summed E-state index contributed by atoms with van der Waals surface area (Å²) in [5.74, 6) is -0.0535. The summed E-state index contributed by atoms with van der Waals surface area (Å²) in [4.78, 5) is 42.7. The number of carbonyl (C=O) groups excluding carboxylic acids is 3. The van der Waals surface area contributed by atoms with Crippen LogP contribution in [0, 0.1) is 11.8 Å². The molecule has 0 unspecified atom stereocenters. The molecular formula is C25H32ClN3O4. The fourth-order valence-electron chi connectivity index (χ4n) is 5.38. The lowest BCUT2D eigenvalue weighted by Crippen LogP contribution is -2.58. The van der Waals surface area contributed by atoms with E-state index in [4.69, 9.17) is 16.3 Å². The summed E-state index contributed by atoms with van der Waals surface area (Å²) in [6, 6.07) is 7.05. The number of amides is 4. The number of piperidine rings is 1. The number of hydrogen-bond acceptors (Lipinski definition) is 4. The molecule has 2 atom stereocenters. The third-order valence-corrected chi connectivity index (χ3v) is 7.64. The zero-order valence-electron chi connectivity index (χ0n) is 19.1. The zero-order chi connectivity index (χ0) is 23.4. The molecule has 178 valence electrons. The van der Waals surface area contributed by atoms with Crippen LogP contribution < -0.4 is 5.32 Å². The van der Waals surface area contributed by atoms with Gasteiger partial charge in [0.05, 0.1) is 13.2 Å². The van der Waals surface area contributed by atoms with E-state index >= 15 is 0 Å². The maximum absolute atomic E-state index is 13.7. The highest BCUT2D eigenvalue weighted by molar-refractivity contribution is 6.31. The minimum absolute atomic E-state index is 0.0565. The van der Waals surface area contributed by atoms with Crippen molar-refractivity contribution in [2.45, 2.75) is 44.1 Å². The number of allylic oxidation sites excluding steroid dienone is 2. The molecule has 0 bridgehead atoms. The lowest BCUT2D eigenvalue weighted by atomic mass is 9.73. The van der Waals surface area contributed by atoms with Crippen LogP contribution >= 0.6 is 11.6 Å². The molecule has 4 rings (SSSR count). The van der Waals surface area contributed by atoms with Gasteiger partial charge in [0.25, 0.3) is 5.91 Å². The molecule has 1 aliphatic carbocycles. The molecule has 2 heterocycles. The molecule has 4 amide bonds. The molecule has 1 N–H and O–H groups in total. The average molecular weight is 474 g/mol. The van der Waals surface area contributed by atoms with Gasteiger partial charge in [-0.15, -0.1) is 0 Å². The monoisotopic (exact) mass is 473 g/mol. The molecule has 1 aromatic carbocycles. The first-order chi connectivity index (χ1) is 16.0. The van der Waals surface area contributed by atoms with Gasteiger partial charge in [0.1, 0.15) is 5.54 Å². The van der Waals surface area contributed by atoms with Crippen molar-refractivity contribution in [2.24, 2.45) is 11.8 Å². The van der Waals surface area contributed by atoms with E-state index in [9.17, 15) is 14.4 Å². The highest BCUT2D eigenvalue weighted by Gasteiger charge is 2.56. The Labute approximate surface area is 200 Å². The van der Waals surface area contributed by atoms with Gasteiger partial charge in [-0.1, -0.05) is 42.0 Å². The molecule has 0 saturated carbocycles. The molecule has 2 saturated heterocycles. The molecule has 0 aromatic heterocycles. The number of halogens is 1. The van der Waals surface area contributed by atoms with Gasteiger partial charge in [0.15, 0.2) is 0 Å². The Bertz CT molecular complexity index is 928. The fourth-order valence-corrected chi connectivity index (χ4v) is 5.58. The number of nitrogens with zero attached hydrogens (tertiary/aromatic N) is 2. The Balaban J connectivity index is 1.54. The second kappa shape index (κ2) is 10.3. The van der Waals surface area contributed by atoms with Crippen molar-refractivity contribution < 1.29 is 19.1 Å². The van der Waals surface area contributed by atoms with Gasteiger partial charge in [-0.05, 0) is 49.7 Å². The normalized spacial score (nSPS) is 26.1. The van der Waals surface area contributed by atoms with Gasteiger partial charge >= 0.3 is 6.03 Å². The van der Waals surface area contributed by atoms with Crippen LogP contribution in [0.5, 0.6) is 0 Å². The lowest BCUT2D eigenvalue weighted by Gasteiger charge is -2.42. The van der Waals surface area contributed by atoms with Crippen LogP contribution in [0.25, 0.3) is 0 Å². The predicted octanol–water partition coefficient (Wildman–Crippen LogP) is 3.41. The van der Waals surface area contributed by atoms with Crippen molar-refractivity contribution >= 4 is 29.4 Å². The van der Waals surface area contributed by atoms with Crippen LogP contribution in [-0.4, -0.2) is 66.5 Å². The lowest BCUT2D eigenvalue weighted by molar-refractivity contribution is -0.139. The number of rotatable bonds is 7. The molecule has 0 radical (unpaired) electrons. The second-order valence-corrected chi connectivity index (χ2v) is 9.61. The van der Waals surface area contributed by atoms with Crippen molar-refractivity contribution in [3.05, 3.63) is 47.0 Å². The first-order valence-corrected chi connectivity index (χ1v) is 12.1. The second-order valence-electron chi connectivity index (χ2n) is 9.20. The van der Waals surface area contributed by atoms with Crippen molar-refractivity contribution in [1.82, 2.24) is 15.1 Å². The maximum Gasteiger partial charge on any atom is 0.325 e. The van der Waals surface area contributed by atoms with Crippen molar-refractivity contribution in [2.75, 3.05) is 33.4 Å². The minimum atomic E-state index is -1.07. The summed E-state index contributed by atoms with van der Waals surface area (Å²) in [6.45, 7) is 1.67. The zero-order valence-corrected chi connectivity index (χ0v) is 19.9. The first kappa shape index (κ1) is 23.8. The standard InChI is InChI=1S/C25H32ClN3O4/c1-33-16-15-29-23(31)25(27-24(29)32,17-19-9-5-6-10-21(19)26)20-11-13-28(14-12-20)22(30)18-7-3-2-4-8-18/h2-3,5-6,9-10,18,20H,4,7-8,11-17H2,1H3,(H,27,32)/t18-,25+/m0/s1. The molecule has 3 aliphatic rings. The topological polar surface area (TPSA) is 79.0 Å². The molecule has 33 heavy (non-hydrogen) atoms. The Hall–Kier alpha value is -2.38. The van der Waals surface area contributed by atoms with Crippen LogP contribution in [0.15, 0.2) is 36.4 Å². The van der Waals surface area contributed by atoms with Gasteiger partial charge in [0, 0.05) is 37.6 Å². The minimum Gasteiger partial charge on any atom is -0.383 e. The number of imide groups is 1. The summed E-state index contributed by atoms with van der Waals surface area (Å²) in [5, 5.41) is 3.62. The number of carbonyl (C=O) groups is 3. The molecule has 2 fully saturated rings. The van der Waals surface area contributed by atoms with Crippen LogP contribution in [0.3, 0.4) is 0 Å². The van der Waals surface area contributed by atoms with E-state index in [-0.39, 0.29) is 36.8 Å². The number of urea groups is 1. The number of hydrogen-bond donors (Lipinski definition) is 1. The summed E-state index contributed by atoms with van der Waals surface area (Å²) < 4.78 is 5.11. The molecule has 0 spiro atoms. The number of ether oxygens (including phenoxy) is 1. The Morgan fingerprint density at radius 3 is 2.61 bits per heavy atom. The quantitative estimate of drug-likeness (QED) is 0.486. The van der Waals surface area contributed by atoms with Gasteiger partial charge in [-0.2, -0.15) is 0 Å². The number of nitrogens with one attached hydrogen (secondary N) is 1. The smallest absolute Gasteiger partial charge is 0.325 e. The van der Waals surface area contributed by atoms with E-state index in [0.717, 1.165) is 24.8 Å². The largest absolute Gasteiger partial charge is 0.383 e. The van der Waals surface area contributed by atoms with E-state index in [1.807, 2.05) is 23.1 Å². The highest BCUT2D eigenvalue weighted by Crippen LogP contribution is 2.38. The van der Waals surface area contributed by atoms with Gasteiger partial charge in [-0.25, -0.2) is 4.79 Å². The first-order valence-electron chi connectivity index (χ1n) is 11.8. The van der Waals surface area contributed by atoms with Crippen LogP contribution in [0.4, 0.5) is 4.79 Å². The van der Waals surface area contributed by atoms with Crippen molar-refractivity contribution in [3.8, 4) is 0 Å². The van der Waals surface area contributed by atoms with Crippen molar-refractivity contribution in [1.29, 1.82) is 0 Å². The van der Waals surface area contributed by atoms with E-state index in [1.165, 1.54) is 4.90 Å². The Kier molecular flexibility index (Phi) is 7.39. The molecular weight excluding hydrogens is 442 g/mol. The van der Waals surface area contributed by atoms with Crippen LogP contribution in [0.2, 0.25) is 5.02 Å². The Morgan fingerprint density at radius 2 is 1.94 bits per heavy atom. The van der Waals surface area contributed by atoms with Gasteiger partial charge in [0.2, 0.25) is 5.91 Å². The summed E-state index contributed by atoms with van der Waals surface area (Å²) in [6.07, 6.45) is 8.52. The summed E-state index contributed by atoms with van der Waals surface area (Å²) >= 11 is 6.44. The predicted molar refractivity (Wildman–Crippen MR) is 126 cm³/mol. The van der Waals surface area contributed by atoms with E-state index in [1.54, 1.807) is 13.2 Å². The van der Waals surface area contributed by atoms with Crippen LogP contribution in [-0.2, 0) is 20.7 Å². The Morgan fingerprint density at radius 1 is 1.18 bits per heavy atom. The number of methoxy groups -OCH3 is 1. The number of benzene rings is 1. The summed E-state index contributed by atoms with van der Waals surface area (Å²) in [5.41, 5.74) is -0.243. The number of likely N-dealkylation sites (tertiary alicyclic amines) is 1. The van der Waals surface area contributed by atoms with Gasteiger partial charge < -0.3 is 15.0 Å². The van der Waals surface area contributed by atoms with Gasteiger partial charge in [-0.3, -0.25) is 14.5 Å². The molecule has 1 aromatic rings. The molecule has 7 nitrogen and oxygen atoms in total. The van der Waals surface area contributed by atoms with E-state index in [2.05, 4.69) is 17.5 Å². The van der Waals surface area contributed by atoms with Crippen LogP contribution in [0.1, 0.15) is 37.7 Å². The van der Waals surface area contributed by atoms with E-state index < -0.39 is 11.6 Å². The van der Waals surface area contributed by atoms with E-state index in [0.29, 0.717) is 37.4 Å². The third kappa shape index (κ3) is 4.80. The molecule has 8 heteroatoms. The van der Waals surface area contributed by atoms with Crippen molar-refractivity contribution in [3.63, 3.8) is 0 Å².